The van der Waals surface area contributed by atoms with Crippen LogP contribution < -0.4 is 0 Å². The van der Waals surface area contributed by atoms with Crippen LogP contribution in [0, 0.1) is 11.3 Å². The van der Waals surface area contributed by atoms with E-state index in [2.05, 4.69) is 78.9 Å². The van der Waals surface area contributed by atoms with E-state index in [1.165, 1.54) is 0 Å². The van der Waals surface area contributed by atoms with E-state index < -0.39 is 0 Å². The van der Waals surface area contributed by atoms with Crippen LogP contribution in [0.2, 0.25) is 0 Å². The van der Waals surface area contributed by atoms with Gasteiger partial charge in [0.15, 0.2) is 17.5 Å². The number of nitriles is 1. The Morgan fingerprint density at radius 3 is 1.51 bits per heavy atom. The normalized spacial score (nSPS) is 11.1. The first kappa shape index (κ1) is 29.9. The smallest absolute Gasteiger partial charge is 0.164 e. The summed E-state index contributed by atoms with van der Waals surface area (Å²) in [6.07, 6.45) is 1.95. The molecule has 0 N–H and O–H groups in total. The van der Waals surface area contributed by atoms with Crippen LogP contribution >= 0.6 is 0 Å². The summed E-state index contributed by atoms with van der Waals surface area (Å²) in [6.45, 7) is 0. The summed E-state index contributed by atoms with van der Waals surface area (Å²) in [7, 11) is 0. The Morgan fingerprint density at radius 1 is 0.451 bits per heavy atom. The van der Waals surface area contributed by atoms with Gasteiger partial charge in [-0.3, -0.25) is 0 Å². The molecule has 0 radical (unpaired) electrons. The van der Waals surface area contributed by atoms with Gasteiger partial charge in [0.25, 0.3) is 0 Å². The Balaban J connectivity index is 1.15. The van der Waals surface area contributed by atoms with Gasteiger partial charge in [0.1, 0.15) is 0 Å². The summed E-state index contributed by atoms with van der Waals surface area (Å²) in [6, 6.07) is 57.5. The zero-order valence-electron chi connectivity index (χ0n) is 27.3. The molecule has 6 heteroatoms. The van der Waals surface area contributed by atoms with Crippen molar-refractivity contribution in [2.75, 3.05) is 0 Å². The zero-order chi connectivity index (χ0) is 34.1. The SMILES string of the molecule is N#Cc1ccc(-c2cc3ccc(-c4ccc(-c5nc(-c6ccccc6)nc(-c6ccccc6)n5)cc4)cc3c3c(-c4ccccc4)cnn23)cc1. The van der Waals surface area contributed by atoms with Crippen molar-refractivity contribution < 1.29 is 0 Å². The summed E-state index contributed by atoms with van der Waals surface area (Å²) < 4.78 is 2.02. The quantitative estimate of drug-likeness (QED) is 0.179. The second kappa shape index (κ2) is 12.7. The van der Waals surface area contributed by atoms with Gasteiger partial charge in [-0.1, -0.05) is 140 Å². The molecule has 0 aliphatic heterocycles. The van der Waals surface area contributed by atoms with Crippen LogP contribution in [-0.4, -0.2) is 24.6 Å². The minimum absolute atomic E-state index is 0.622. The van der Waals surface area contributed by atoms with Crippen LogP contribution in [-0.2, 0) is 0 Å². The van der Waals surface area contributed by atoms with Gasteiger partial charge in [-0.15, -0.1) is 0 Å². The highest BCUT2D eigenvalue weighted by Gasteiger charge is 2.17. The molecule has 0 bridgehead atoms. The lowest BCUT2D eigenvalue weighted by Crippen LogP contribution is -2.00. The number of pyridine rings is 1. The summed E-state index contributed by atoms with van der Waals surface area (Å²) in [5.74, 6) is 1.89. The Labute approximate surface area is 294 Å². The average molecular weight is 653 g/mol. The van der Waals surface area contributed by atoms with Crippen LogP contribution in [0.15, 0.2) is 170 Å². The van der Waals surface area contributed by atoms with Gasteiger partial charge in [0.05, 0.1) is 29.0 Å². The first-order valence-electron chi connectivity index (χ1n) is 16.7. The second-order valence-corrected chi connectivity index (χ2v) is 12.3. The molecular formula is C45H28N6. The molecule has 51 heavy (non-hydrogen) atoms. The van der Waals surface area contributed by atoms with Crippen LogP contribution in [0.5, 0.6) is 0 Å². The van der Waals surface area contributed by atoms with Crippen molar-refractivity contribution in [1.29, 1.82) is 5.26 Å². The average Bonchev–Trinajstić information content (AvgIpc) is 3.67. The van der Waals surface area contributed by atoms with Gasteiger partial charge in [0.2, 0.25) is 0 Å². The van der Waals surface area contributed by atoms with Crippen molar-refractivity contribution >= 4 is 16.3 Å². The minimum atomic E-state index is 0.622. The largest absolute Gasteiger partial charge is 0.232 e. The number of benzene rings is 6. The molecule has 6 nitrogen and oxygen atoms in total. The first-order chi connectivity index (χ1) is 25.2. The molecule has 3 heterocycles. The lowest BCUT2D eigenvalue weighted by molar-refractivity contribution is 0.975. The first-order valence-corrected chi connectivity index (χ1v) is 16.7. The maximum absolute atomic E-state index is 9.37. The molecule has 0 amide bonds. The van der Waals surface area contributed by atoms with E-state index >= 15 is 0 Å². The molecule has 0 atom stereocenters. The molecule has 0 spiro atoms. The van der Waals surface area contributed by atoms with Crippen LogP contribution in [0.1, 0.15) is 5.56 Å². The number of aromatic nitrogens is 5. The van der Waals surface area contributed by atoms with E-state index in [9.17, 15) is 5.26 Å². The predicted octanol–water partition coefficient (Wildman–Crippen LogP) is 10.5. The van der Waals surface area contributed by atoms with Gasteiger partial charge in [-0.25, -0.2) is 19.5 Å². The van der Waals surface area contributed by atoms with Gasteiger partial charge < -0.3 is 0 Å². The third-order valence-electron chi connectivity index (χ3n) is 9.17. The summed E-state index contributed by atoms with van der Waals surface area (Å²) in [5.41, 5.74) is 10.7. The van der Waals surface area contributed by atoms with Gasteiger partial charge in [0, 0.05) is 33.2 Å². The second-order valence-electron chi connectivity index (χ2n) is 12.3. The maximum Gasteiger partial charge on any atom is 0.164 e. The van der Waals surface area contributed by atoms with Gasteiger partial charge in [-0.05, 0) is 46.3 Å². The summed E-state index contributed by atoms with van der Waals surface area (Å²) in [4.78, 5) is 14.6. The minimum Gasteiger partial charge on any atom is -0.232 e. The van der Waals surface area contributed by atoms with E-state index in [0.717, 1.165) is 66.5 Å². The molecule has 0 fully saturated rings. The van der Waals surface area contributed by atoms with E-state index in [4.69, 9.17) is 20.1 Å². The molecule has 6 aromatic carbocycles. The number of hydrogen-bond donors (Lipinski definition) is 0. The topological polar surface area (TPSA) is 79.8 Å². The van der Waals surface area contributed by atoms with Crippen molar-refractivity contribution in [2.45, 2.75) is 0 Å². The molecule has 0 saturated heterocycles. The lowest BCUT2D eigenvalue weighted by Gasteiger charge is -2.13. The van der Waals surface area contributed by atoms with Crippen molar-refractivity contribution in [3.05, 3.63) is 176 Å². The zero-order valence-corrected chi connectivity index (χ0v) is 27.3. The molecule has 3 aromatic heterocycles. The van der Waals surface area contributed by atoms with E-state index in [0.29, 0.717) is 23.0 Å². The van der Waals surface area contributed by atoms with Gasteiger partial charge in [-0.2, -0.15) is 10.4 Å². The molecule has 0 aliphatic rings. The Bertz CT molecular complexity index is 2660. The fourth-order valence-electron chi connectivity index (χ4n) is 6.57. The molecule has 0 unspecified atom stereocenters. The number of rotatable bonds is 6. The standard InChI is InChI=1S/C45H28N6/c46-28-30-16-18-33(19-17-30)41-27-38-25-24-37(26-39(38)42-40(29-47-51(41)42)32-10-4-1-5-11-32)31-20-22-36(23-21-31)45-49-43(34-12-6-2-7-13-34)48-44(50-45)35-14-8-3-9-15-35/h1-27,29H. The van der Waals surface area contributed by atoms with E-state index in [1.54, 1.807) is 0 Å². The monoisotopic (exact) mass is 652 g/mol. The lowest BCUT2D eigenvalue weighted by atomic mass is 9.97. The molecule has 9 aromatic rings. The highest BCUT2D eigenvalue weighted by Crippen LogP contribution is 2.37. The third-order valence-corrected chi connectivity index (χ3v) is 9.17. The van der Waals surface area contributed by atoms with Crippen LogP contribution in [0.4, 0.5) is 0 Å². The number of hydrogen-bond acceptors (Lipinski definition) is 5. The van der Waals surface area contributed by atoms with Gasteiger partial charge >= 0.3 is 0 Å². The fraction of sp³-hybridized carbons (Fsp3) is 0. The highest BCUT2D eigenvalue weighted by atomic mass is 15.2. The van der Waals surface area contributed by atoms with Crippen molar-refractivity contribution in [1.82, 2.24) is 24.6 Å². The third kappa shape index (κ3) is 5.59. The molecule has 9 rings (SSSR count). The summed E-state index contributed by atoms with van der Waals surface area (Å²) in [5, 5.41) is 16.5. The highest BCUT2D eigenvalue weighted by molar-refractivity contribution is 6.06. The molecular weight excluding hydrogens is 625 g/mol. The van der Waals surface area contributed by atoms with Crippen molar-refractivity contribution in [3.8, 4) is 73.7 Å². The fourth-order valence-corrected chi connectivity index (χ4v) is 6.57. The van der Waals surface area contributed by atoms with Crippen LogP contribution in [0.3, 0.4) is 0 Å². The Kier molecular flexibility index (Phi) is 7.42. The summed E-state index contributed by atoms with van der Waals surface area (Å²) >= 11 is 0. The molecule has 238 valence electrons. The van der Waals surface area contributed by atoms with E-state index in [-0.39, 0.29) is 0 Å². The van der Waals surface area contributed by atoms with Crippen molar-refractivity contribution in [3.63, 3.8) is 0 Å². The number of fused-ring (bicyclic) bond motifs is 3. The van der Waals surface area contributed by atoms with E-state index in [1.807, 2.05) is 102 Å². The molecule has 0 aliphatic carbocycles. The Hall–Kier alpha value is -7.23. The Morgan fingerprint density at radius 2 is 0.941 bits per heavy atom. The molecule has 0 saturated carbocycles. The maximum atomic E-state index is 9.37. The van der Waals surface area contributed by atoms with Crippen LogP contribution in [0.25, 0.3) is 84.0 Å². The van der Waals surface area contributed by atoms with Crippen molar-refractivity contribution in [2.24, 2.45) is 0 Å². The predicted molar refractivity (Wildman–Crippen MR) is 203 cm³/mol. The number of nitrogens with zero attached hydrogens (tertiary/aromatic N) is 6.